The Bertz CT molecular complexity index is 730. The summed E-state index contributed by atoms with van der Waals surface area (Å²) in [5, 5.41) is 4.02. The molecule has 1 N–H and O–H groups in total. The van der Waals surface area contributed by atoms with Crippen LogP contribution >= 0.6 is 11.6 Å². The van der Waals surface area contributed by atoms with Crippen molar-refractivity contribution >= 4 is 23.3 Å². The van der Waals surface area contributed by atoms with Crippen LogP contribution in [0.1, 0.15) is 48.6 Å². The van der Waals surface area contributed by atoms with Gasteiger partial charge in [-0.15, -0.1) is 0 Å². The predicted molar refractivity (Wildman–Crippen MR) is 107 cm³/mol. The molecule has 26 heavy (non-hydrogen) atoms. The lowest BCUT2D eigenvalue weighted by Gasteiger charge is -2.21. The number of hydrogen-bond donors (Lipinski definition) is 1. The van der Waals surface area contributed by atoms with Gasteiger partial charge in [0.05, 0.1) is 0 Å². The third kappa shape index (κ3) is 5.99. The lowest BCUT2D eigenvalue weighted by molar-refractivity contribution is 0.0749. The highest BCUT2D eigenvalue weighted by Crippen LogP contribution is 2.13. The molecule has 6 heteroatoms. The Kier molecular flexibility index (Phi) is 7.85. The Hall–Kier alpha value is -2.14. The van der Waals surface area contributed by atoms with Crippen molar-refractivity contribution in [2.75, 3.05) is 25.0 Å². The van der Waals surface area contributed by atoms with E-state index in [1.807, 2.05) is 36.1 Å². The molecule has 0 spiro atoms. The van der Waals surface area contributed by atoms with E-state index >= 15 is 0 Å². The van der Waals surface area contributed by atoms with Crippen LogP contribution in [-0.2, 0) is 6.42 Å². The van der Waals surface area contributed by atoms with Crippen LogP contribution < -0.4 is 5.32 Å². The summed E-state index contributed by atoms with van der Waals surface area (Å²) < 4.78 is 0. The summed E-state index contributed by atoms with van der Waals surface area (Å²) in [6.07, 6.45) is 2.69. The minimum absolute atomic E-state index is 0.0305. The Morgan fingerprint density at radius 2 is 1.88 bits per heavy atom. The molecule has 0 aliphatic rings. The van der Waals surface area contributed by atoms with Crippen molar-refractivity contribution in [1.29, 1.82) is 0 Å². The van der Waals surface area contributed by atoms with Gasteiger partial charge in [0.1, 0.15) is 17.3 Å². The van der Waals surface area contributed by atoms with Crippen LogP contribution in [-0.4, -0.2) is 40.4 Å². The summed E-state index contributed by atoms with van der Waals surface area (Å²) >= 11 is 6.01. The van der Waals surface area contributed by atoms with E-state index in [9.17, 15) is 4.79 Å². The van der Waals surface area contributed by atoms with Gasteiger partial charge in [0, 0.05) is 30.7 Å². The predicted octanol–water partition coefficient (Wildman–Crippen LogP) is 4.36. The van der Waals surface area contributed by atoms with Gasteiger partial charge >= 0.3 is 0 Å². The molecule has 0 aliphatic heterocycles. The Balaban J connectivity index is 2.04. The number of carbonyl (C=O) groups excluding carboxylic acids is 1. The van der Waals surface area contributed by atoms with E-state index in [-0.39, 0.29) is 5.91 Å². The fourth-order valence-corrected chi connectivity index (χ4v) is 3.02. The van der Waals surface area contributed by atoms with E-state index < -0.39 is 0 Å². The number of carbonyl (C=O) groups is 1. The molecule has 0 radical (unpaired) electrons. The van der Waals surface area contributed by atoms with E-state index in [4.69, 9.17) is 11.6 Å². The normalized spacial score (nSPS) is 10.6. The highest BCUT2D eigenvalue weighted by atomic mass is 35.5. The van der Waals surface area contributed by atoms with Crippen molar-refractivity contribution in [3.05, 3.63) is 52.4 Å². The summed E-state index contributed by atoms with van der Waals surface area (Å²) in [6.45, 7) is 8.15. The second-order valence-corrected chi connectivity index (χ2v) is 6.72. The largest absolute Gasteiger partial charge is 0.370 e. The monoisotopic (exact) mass is 374 g/mol. The number of aryl methyl sites for hydroxylation is 1. The van der Waals surface area contributed by atoms with Gasteiger partial charge in [-0.3, -0.25) is 4.79 Å². The number of hydrogen-bond acceptors (Lipinski definition) is 4. The highest BCUT2D eigenvalue weighted by molar-refractivity contribution is 6.30. The van der Waals surface area contributed by atoms with Crippen molar-refractivity contribution in [3.63, 3.8) is 0 Å². The molecular formula is C20H27ClN4O. The SMILES string of the molecule is CCCN(CCC)C(=O)c1cc(NCCc2cccc(Cl)c2)nc(C)n1. The second-order valence-electron chi connectivity index (χ2n) is 6.28. The van der Waals surface area contributed by atoms with Crippen LogP contribution in [0.15, 0.2) is 30.3 Å². The minimum Gasteiger partial charge on any atom is -0.370 e. The molecule has 0 aliphatic carbocycles. The molecule has 1 aromatic carbocycles. The average molecular weight is 375 g/mol. The number of aromatic nitrogens is 2. The van der Waals surface area contributed by atoms with Crippen LogP contribution in [0.4, 0.5) is 5.82 Å². The first-order chi connectivity index (χ1) is 12.5. The average Bonchev–Trinajstić information content (AvgIpc) is 2.60. The number of nitrogens with one attached hydrogen (secondary N) is 1. The van der Waals surface area contributed by atoms with Gasteiger partial charge in [-0.25, -0.2) is 9.97 Å². The minimum atomic E-state index is -0.0305. The van der Waals surface area contributed by atoms with Gasteiger partial charge in [-0.05, 0) is 43.9 Å². The molecule has 0 saturated carbocycles. The molecule has 2 aromatic rings. The summed E-state index contributed by atoms with van der Waals surface area (Å²) in [4.78, 5) is 23.3. The van der Waals surface area contributed by atoms with Gasteiger partial charge in [0.25, 0.3) is 5.91 Å². The smallest absolute Gasteiger partial charge is 0.272 e. The first-order valence-corrected chi connectivity index (χ1v) is 9.54. The Morgan fingerprint density at radius 1 is 1.15 bits per heavy atom. The van der Waals surface area contributed by atoms with E-state index in [2.05, 4.69) is 29.1 Å². The molecular weight excluding hydrogens is 348 g/mol. The van der Waals surface area contributed by atoms with Crippen molar-refractivity contribution in [2.45, 2.75) is 40.0 Å². The lowest BCUT2D eigenvalue weighted by atomic mass is 10.1. The van der Waals surface area contributed by atoms with Crippen molar-refractivity contribution in [1.82, 2.24) is 14.9 Å². The van der Waals surface area contributed by atoms with E-state index in [0.29, 0.717) is 23.9 Å². The zero-order valence-corrected chi connectivity index (χ0v) is 16.5. The molecule has 0 fully saturated rings. The van der Waals surface area contributed by atoms with Crippen LogP contribution in [0.3, 0.4) is 0 Å². The highest BCUT2D eigenvalue weighted by Gasteiger charge is 2.17. The maximum atomic E-state index is 12.8. The van der Waals surface area contributed by atoms with Crippen molar-refractivity contribution in [3.8, 4) is 0 Å². The summed E-state index contributed by atoms with van der Waals surface area (Å²) in [7, 11) is 0. The van der Waals surface area contributed by atoms with Crippen molar-refractivity contribution < 1.29 is 4.79 Å². The molecule has 0 atom stereocenters. The fourth-order valence-electron chi connectivity index (χ4n) is 2.81. The van der Waals surface area contributed by atoms with Gasteiger partial charge in [0.2, 0.25) is 0 Å². The molecule has 1 aromatic heterocycles. The zero-order chi connectivity index (χ0) is 18.9. The molecule has 1 amide bonds. The van der Waals surface area contributed by atoms with Gasteiger partial charge in [-0.2, -0.15) is 0 Å². The molecule has 2 rings (SSSR count). The molecule has 0 unspecified atom stereocenters. The third-order valence-corrected chi connectivity index (χ3v) is 4.18. The summed E-state index contributed by atoms with van der Waals surface area (Å²) in [5.41, 5.74) is 1.61. The third-order valence-electron chi connectivity index (χ3n) is 3.94. The van der Waals surface area contributed by atoms with Crippen LogP contribution in [0.5, 0.6) is 0 Å². The first kappa shape index (κ1) is 20.2. The summed E-state index contributed by atoms with van der Waals surface area (Å²) in [6, 6.07) is 9.55. The van der Waals surface area contributed by atoms with Crippen LogP contribution in [0.25, 0.3) is 0 Å². The van der Waals surface area contributed by atoms with Gasteiger partial charge < -0.3 is 10.2 Å². The molecule has 1 heterocycles. The molecule has 0 bridgehead atoms. The maximum absolute atomic E-state index is 12.8. The van der Waals surface area contributed by atoms with Gasteiger partial charge in [-0.1, -0.05) is 37.6 Å². The quantitative estimate of drug-likeness (QED) is 0.708. The number of anilines is 1. The number of nitrogens with zero attached hydrogens (tertiary/aromatic N) is 3. The Labute approximate surface area is 160 Å². The topological polar surface area (TPSA) is 58.1 Å². The summed E-state index contributed by atoms with van der Waals surface area (Å²) in [5.74, 6) is 1.24. The fraction of sp³-hybridized carbons (Fsp3) is 0.450. The van der Waals surface area contributed by atoms with E-state index in [1.54, 1.807) is 6.07 Å². The Morgan fingerprint density at radius 3 is 2.54 bits per heavy atom. The molecule has 5 nitrogen and oxygen atoms in total. The van der Waals surface area contributed by atoms with E-state index in [0.717, 1.165) is 42.9 Å². The number of benzene rings is 1. The number of halogens is 1. The van der Waals surface area contributed by atoms with Crippen LogP contribution in [0, 0.1) is 6.92 Å². The number of rotatable bonds is 9. The van der Waals surface area contributed by atoms with Gasteiger partial charge in [0.15, 0.2) is 0 Å². The van der Waals surface area contributed by atoms with Crippen LogP contribution in [0.2, 0.25) is 5.02 Å². The maximum Gasteiger partial charge on any atom is 0.272 e. The molecule has 140 valence electrons. The number of amides is 1. The second kappa shape index (κ2) is 10.1. The molecule has 0 saturated heterocycles. The standard InChI is InChI=1S/C20H27ClN4O/c1-4-11-25(12-5-2)20(26)18-14-19(24-15(3)23-18)22-10-9-16-7-6-8-17(21)13-16/h6-8,13-14H,4-5,9-12H2,1-3H3,(H,22,23,24). The first-order valence-electron chi connectivity index (χ1n) is 9.16. The van der Waals surface area contributed by atoms with E-state index in [1.165, 1.54) is 0 Å². The zero-order valence-electron chi connectivity index (χ0n) is 15.8. The van der Waals surface area contributed by atoms with Crippen molar-refractivity contribution in [2.24, 2.45) is 0 Å². The lowest BCUT2D eigenvalue weighted by Crippen LogP contribution is -2.33.